The molecule has 120 valence electrons. The summed E-state index contributed by atoms with van der Waals surface area (Å²) >= 11 is 0. The highest BCUT2D eigenvalue weighted by atomic mass is 16.5. The quantitative estimate of drug-likeness (QED) is 0.925. The Morgan fingerprint density at radius 1 is 1.22 bits per heavy atom. The van der Waals surface area contributed by atoms with E-state index < -0.39 is 5.54 Å². The maximum Gasteiger partial charge on any atom is 0.258 e. The van der Waals surface area contributed by atoms with Crippen molar-refractivity contribution in [2.24, 2.45) is 0 Å². The first-order chi connectivity index (χ1) is 10.9. The first kappa shape index (κ1) is 15.3. The van der Waals surface area contributed by atoms with Gasteiger partial charge >= 0.3 is 0 Å². The number of hydrogen-bond donors (Lipinski definition) is 1. The zero-order valence-corrected chi connectivity index (χ0v) is 13.6. The number of benzene rings is 2. The molecular formula is C18H20N2O3. The number of nitrogens with one attached hydrogen (secondary N) is 1. The largest absolute Gasteiger partial charge is 0.496 e. The molecule has 5 heteroatoms. The predicted molar refractivity (Wildman–Crippen MR) is 88.6 cm³/mol. The maximum absolute atomic E-state index is 13.1. The molecule has 1 aliphatic heterocycles. The normalized spacial score (nSPS) is 17.0. The number of rotatable bonds is 2. The zero-order valence-electron chi connectivity index (χ0n) is 13.6. The lowest BCUT2D eigenvalue weighted by Crippen LogP contribution is -2.63. The molecule has 1 saturated heterocycles. The van der Waals surface area contributed by atoms with E-state index in [-0.39, 0.29) is 11.8 Å². The molecule has 1 N–H and O–H groups in total. The van der Waals surface area contributed by atoms with Crippen LogP contribution in [-0.4, -0.2) is 42.5 Å². The standard InChI is InChI=1S/C18H20N2O3/c1-18(2)17(22)19-8-9-20(18)16(21)14-10-12-6-4-5-7-13(12)11-15(14)23-3/h4-7,10-11H,8-9H2,1-3H3,(H,19,22). The summed E-state index contributed by atoms with van der Waals surface area (Å²) in [6.45, 7) is 4.46. The Balaban J connectivity index is 2.08. The van der Waals surface area contributed by atoms with Gasteiger partial charge in [0.1, 0.15) is 11.3 Å². The summed E-state index contributed by atoms with van der Waals surface area (Å²) in [7, 11) is 1.55. The molecule has 0 bridgehead atoms. The molecule has 3 rings (SSSR count). The molecule has 2 aromatic carbocycles. The van der Waals surface area contributed by atoms with E-state index >= 15 is 0 Å². The van der Waals surface area contributed by atoms with Gasteiger partial charge in [0.25, 0.3) is 5.91 Å². The van der Waals surface area contributed by atoms with Crippen LogP contribution in [-0.2, 0) is 4.79 Å². The highest BCUT2D eigenvalue weighted by Crippen LogP contribution is 2.29. The number of ether oxygens (including phenoxy) is 1. The SMILES string of the molecule is COc1cc2ccccc2cc1C(=O)N1CCNC(=O)C1(C)C. The molecule has 2 aromatic rings. The molecule has 2 amide bonds. The molecule has 0 radical (unpaired) electrons. The van der Waals surface area contributed by atoms with Gasteiger partial charge in [-0.3, -0.25) is 9.59 Å². The molecule has 0 aliphatic carbocycles. The summed E-state index contributed by atoms with van der Waals surface area (Å²) in [5.74, 6) is 0.194. The first-order valence-electron chi connectivity index (χ1n) is 7.62. The smallest absolute Gasteiger partial charge is 0.258 e. The van der Waals surface area contributed by atoms with Crippen LogP contribution in [0.5, 0.6) is 5.75 Å². The van der Waals surface area contributed by atoms with E-state index in [0.717, 1.165) is 10.8 Å². The van der Waals surface area contributed by atoms with Crippen molar-refractivity contribution in [1.29, 1.82) is 0 Å². The molecule has 23 heavy (non-hydrogen) atoms. The fourth-order valence-electron chi connectivity index (χ4n) is 2.96. The van der Waals surface area contributed by atoms with Crippen LogP contribution in [0.3, 0.4) is 0 Å². The van der Waals surface area contributed by atoms with E-state index in [1.54, 1.807) is 25.9 Å². The van der Waals surface area contributed by atoms with Crippen LogP contribution in [0.2, 0.25) is 0 Å². The molecule has 0 aromatic heterocycles. The van der Waals surface area contributed by atoms with Gasteiger partial charge in [0.2, 0.25) is 5.91 Å². The van der Waals surface area contributed by atoms with Crippen LogP contribution >= 0.6 is 0 Å². The van der Waals surface area contributed by atoms with E-state index in [0.29, 0.717) is 24.4 Å². The first-order valence-corrected chi connectivity index (χ1v) is 7.62. The number of piperazine rings is 1. The Morgan fingerprint density at radius 3 is 2.52 bits per heavy atom. The third kappa shape index (κ3) is 2.52. The number of fused-ring (bicyclic) bond motifs is 1. The van der Waals surface area contributed by atoms with Crippen LogP contribution < -0.4 is 10.1 Å². The fraction of sp³-hybridized carbons (Fsp3) is 0.333. The summed E-state index contributed by atoms with van der Waals surface area (Å²) in [6, 6.07) is 11.5. The van der Waals surface area contributed by atoms with Crippen molar-refractivity contribution in [2.75, 3.05) is 20.2 Å². The topological polar surface area (TPSA) is 58.6 Å². The number of hydrogen-bond acceptors (Lipinski definition) is 3. The third-order valence-electron chi connectivity index (χ3n) is 4.39. The van der Waals surface area contributed by atoms with Crippen LogP contribution in [0.25, 0.3) is 10.8 Å². The number of nitrogens with zero attached hydrogens (tertiary/aromatic N) is 1. The molecular weight excluding hydrogens is 292 g/mol. The van der Waals surface area contributed by atoms with Gasteiger partial charge in [-0.25, -0.2) is 0 Å². The second-order valence-corrected chi connectivity index (χ2v) is 6.17. The minimum Gasteiger partial charge on any atom is -0.496 e. The lowest BCUT2D eigenvalue weighted by atomic mass is 9.96. The van der Waals surface area contributed by atoms with Gasteiger partial charge in [0.05, 0.1) is 12.7 Å². The molecule has 0 spiro atoms. The van der Waals surface area contributed by atoms with Gasteiger partial charge in [-0.2, -0.15) is 0 Å². The highest BCUT2D eigenvalue weighted by Gasteiger charge is 2.41. The molecule has 1 fully saturated rings. The Kier molecular flexibility index (Phi) is 3.72. The van der Waals surface area contributed by atoms with Crippen molar-refractivity contribution in [3.05, 3.63) is 42.0 Å². The number of carbonyl (C=O) groups excluding carboxylic acids is 2. The van der Waals surface area contributed by atoms with Crippen LogP contribution in [0.4, 0.5) is 0 Å². The van der Waals surface area contributed by atoms with Crippen molar-refractivity contribution in [3.8, 4) is 5.75 Å². The van der Waals surface area contributed by atoms with Crippen molar-refractivity contribution in [1.82, 2.24) is 10.2 Å². The average molecular weight is 312 g/mol. The summed E-state index contributed by atoms with van der Waals surface area (Å²) < 4.78 is 5.41. The van der Waals surface area contributed by atoms with E-state index in [1.165, 1.54) is 0 Å². The maximum atomic E-state index is 13.1. The van der Waals surface area contributed by atoms with Gasteiger partial charge in [-0.1, -0.05) is 24.3 Å². The van der Waals surface area contributed by atoms with E-state index in [4.69, 9.17) is 4.74 Å². The van der Waals surface area contributed by atoms with E-state index in [1.807, 2.05) is 36.4 Å². The van der Waals surface area contributed by atoms with Crippen LogP contribution in [0.1, 0.15) is 24.2 Å². The summed E-state index contributed by atoms with van der Waals surface area (Å²) in [5.41, 5.74) is -0.402. The fourth-order valence-corrected chi connectivity index (χ4v) is 2.96. The summed E-state index contributed by atoms with van der Waals surface area (Å²) in [6.07, 6.45) is 0. The Hall–Kier alpha value is -2.56. The van der Waals surface area contributed by atoms with Crippen molar-refractivity contribution in [2.45, 2.75) is 19.4 Å². The molecule has 1 heterocycles. The van der Waals surface area contributed by atoms with E-state index in [2.05, 4.69) is 5.32 Å². The van der Waals surface area contributed by atoms with Gasteiger partial charge in [0, 0.05) is 13.1 Å². The van der Waals surface area contributed by atoms with Crippen LogP contribution in [0.15, 0.2) is 36.4 Å². The molecule has 1 aliphatic rings. The number of methoxy groups -OCH3 is 1. The lowest BCUT2D eigenvalue weighted by Gasteiger charge is -2.41. The Bertz CT molecular complexity index is 783. The number of carbonyl (C=O) groups is 2. The minimum absolute atomic E-state index is 0.142. The zero-order chi connectivity index (χ0) is 16.6. The second-order valence-electron chi connectivity index (χ2n) is 6.17. The molecule has 0 saturated carbocycles. The monoisotopic (exact) mass is 312 g/mol. The van der Waals surface area contributed by atoms with Gasteiger partial charge < -0.3 is 15.0 Å². The van der Waals surface area contributed by atoms with Gasteiger partial charge in [-0.05, 0) is 36.8 Å². The van der Waals surface area contributed by atoms with Gasteiger partial charge in [-0.15, -0.1) is 0 Å². The molecule has 5 nitrogen and oxygen atoms in total. The average Bonchev–Trinajstić information content (AvgIpc) is 2.55. The summed E-state index contributed by atoms with van der Waals surface area (Å²) in [4.78, 5) is 26.8. The molecule has 0 unspecified atom stereocenters. The van der Waals surface area contributed by atoms with Crippen LogP contribution in [0, 0.1) is 0 Å². The van der Waals surface area contributed by atoms with Gasteiger partial charge in [0.15, 0.2) is 0 Å². The minimum atomic E-state index is -0.883. The molecule has 0 atom stereocenters. The summed E-state index contributed by atoms with van der Waals surface area (Å²) in [5, 5.41) is 4.78. The second kappa shape index (κ2) is 5.57. The van der Waals surface area contributed by atoms with E-state index in [9.17, 15) is 9.59 Å². The van der Waals surface area contributed by atoms with Crippen molar-refractivity contribution < 1.29 is 14.3 Å². The van der Waals surface area contributed by atoms with Crippen molar-refractivity contribution >= 4 is 22.6 Å². The Labute approximate surface area is 135 Å². The highest BCUT2D eigenvalue weighted by molar-refractivity contribution is 6.04. The Morgan fingerprint density at radius 2 is 1.87 bits per heavy atom. The third-order valence-corrected chi connectivity index (χ3v) is 4.39. The predicted octanol–water partition coefficient (Wildman–Crippen LogP) is 2.20. The number of amides is 2. The lowest BCUT2D eigenvalue weighted by molar-refractivity contribution is -0.133. The van der Waals surface area contributed by atoms with Crippen molar-refractivity contribution in [3.63, 3.8) is 0 Å².